The van der Waals surface area contributed by atoms with Gasteiger partial charge in [-0.3, -0.25) is 4.57 Å². The molecule has 0 saturated heterocycles. The van der Waals surface area contributed by atoms with E-state index in [2.05, 4.69) is 34.0 Å². The Morgan fingerprint density at radius 3 is 2.92 bits per heavy atom. The Labute approximate surface area is 149 Å². The first kappa shape index (κ1) is 20.0. The third-order valence-corrected chi connectivity index (χ3v) is 4.75. The van der Waals surface area contributed by atoms with Crippen molar-refractivity contribution in [2.45, 2.75) is 45.6 Å². The lowest BCUT2D eigenvalue weighted by Crippen LogP contribution is -2.36. The predicted molar refractivity (Wildman–Crippen MR) is 96.8 cm³/mol. The van der Waals surface area contributed by atoms with Crippen molar-refractivity contribution in [2.24, 2.45) is 5.73 Å². The molecule has 142 valence electrons. The van der Waals surface area contributed by atoms with Gasteiger partial charge in [-0.15, -0.1) is 0 Å². The van der Waals surface area contributed by atoms with Crippen molar-refractivity contribution in [3.63, 3.8) is 0 Å². The van der Waals surface area contributed by atoms with Crippen molar-refractivity contribution in [1.82, 2.24) is 10.2 Å². The number of hydrogen-bond acceptors (Lipinski definition) is 5. The van der Waals surface area contributed by atoms with Crippen LogP contribution in [-0.4, -0.2) is 57.3 Å². The molecule has 0 spiro atoms. The molecule has 2 rings (SSSR count). The van der Waals surface area contributed by atoms with Crippen LogP contribution in [0.1, 0.15) is 39.5 Å². The zero-order valence-electron chi connectivity index (χ0n) is 15.0. The second kappa shape index (κ2) is 8.85. The van der Waals surface area contributed by atoms with E-state index in [-0.39, 0.29) is 6.10 Å². The number of nitrogens with zero attached hydrogens (tertiary/aromatic N) is 2. The van der Waals surface area contributed by atoms with Crippen LogP contribution in [0.25, 0.3) is 0 Å². The third-order valence-electron chi connectivity index (χ3n) is 4.26. The smallest absolute Gasteiger partial charge is 0.350 e. The molecule has 9 heteroatoms. The maximum Gasteiger partial charge on any atom is 0.350 e. The molecule has 1 unspecified atom stereocenters. The number of likely N-dealkylation sites (N-methyl/N-ethyl adjacent to an activating group) is 1. The van der Waals surface area contributed by atoms with E-state index in [9.17, 15) is 4.57 Å². The second-order valence-electron chi connectivity index (χ2n) is 6.47. The largest absolute Gasteiger partial charge is 0.400 e. The molecular weight excluding hydrogens is 343 g/mol. The molecule has 0 bridgehead atoms. The van der Waals surface area contributed by atoms with Crippen molar-refractivity contribution in [3.8, 4) is 0 Å². The molecule has 2 heterocycles. The summed E-state index contributed by atoms with van der Waals surface area (Å²) in [5, 5.41) is 3.38. The van der Waals surface area contributed by atoms with Gasteiger partial charge in [-0.25, -0.2) is 9.48 Å². The zero-order valence-corrected chi connectivity index (χ0v) is 15.9. The standard InChI is InChI=1S/C16H29N4O4P/c1-3-19-9-7-5-4-6-8-14(17)15-16(19)20(11-18-15)10-13(2)24-12-25(21,22)23/h7,9,13,17-18H,3-6,8,10-12H2,1-2H3,(H2,21,22,23)/p+1. The van der Waals surface area contributed by atoms with E-state index in [0.717, 1.165) is 49.5 Å². The molecule has 0 fully saturated rings. The van der Waals surface area contributed by atoms with Crippen molar-refractivity contribution in [1.29, 1.82) is 0 Å². The Morgan fingerprint density at radius 1 is 1.48 bits per heavy atom. The van der Waals surface area contributed by atoms with E-state index < -0.39 is 13.9 Å². The molecule has 0 aromatic rings. The van der Waals surface area contributed by atoms with E-state index in [1.165, 1.54) is 0 Å². The van der Waals surface area contributed by atoms with Gasteiger partial charge in [0, 0.05) is 5.70 Å². The van der Waals surface area contributed by atoms with Gasteiger partial charge in [0.15, 0.2) is 6.67 Å². The Balaban J connectivity index is 2.25. The number of hydrogen-bond donors (Lipinski definition) is 4. The summed E-state index contributed by atoms with van der Waals surface area (Å²) in [6.45, 7) is 5.82. The number of amidine groups is 1. The first-order valence-corrected chi connectivity index (χ1v) is 10.6. The fourth-order valence-corrected chi connectivity index (χ4v) is 3.49. The number of fused-ring (bicyclic) bond motifs is 1. The summed E-state index contributed by atoms with van der Waals surface area (Å²) in [4.78, 5) is 20.1. The SMILES string of the molecule is CCN1C=CCCCCC(N)=C2NC[N+](CC(C)OCP(=O)(O)O)=C21. The van der Waals surface area contributed by atoms with Crippen LogP contribution in [0.15, 0.2) is 23.7 Å². The highest BCUT2D eigenvalue weighted by molar-refractivity contribution is 7.51. The Hall–Kier alpha value is -1.34. The third kappa shape index (κ3) is 5.85. The van der Waals surface area contributed by atoms with Crippen LogP contribution in [0, 0.1) is 0 Å². The molecule has 0 aliphatic carbocycles. The van der Waals surface area contributed by atoms with E-state index in [4.69, 9.17) is 20.3 Å². The Bertz CT molecular complexity index is 611. The van der Waals surface area contributed by atoms with Gasteiger partial charge in [0.2, 0.25) is 0 Å². The minimum absolute atomic E-state index is 0.319. The monoisotopic (exact) mass is 373 g/mol. The number of allylic oxidation sites excluding steroid dienone is 2. The molecule has 8 nitrogen and oxygen atoms in total. The van der Waals surface area contributed by atoms with Crippen LogP contribution < -0.4 is 11.1 Å². The molecule has 0 aromatic carbocycles. The van der Waals surface area contributed by atoms with Crippen molar-refractivity contribution in [3.05, 3.63) is 23.7 Å². The van der Waals surface area contributed by atoms with Crippen LogP contribution in [0.4, 0.5) is 0 Å². The van der Waals surface area contributed by atoms with Crippen LogP contribution in [0.5, 0.6) is 0 Å². The van der Waals surface area contributed by atoms with Crippen LogP contribution in [0.3, 0.4) is 0 Å². The van der Waals surface area contributed by atoms with Crippen molar-refractivity contribution in [2.75, 3.05) is 26.1 Å². The molecule has 1 atom stereocenters. The topological polar surface area (TPSA) is 111 Å². The lowest BCUT2D eigenvalue weighted by molar-refractivity contribution is -0.536. The summed E-state index contributed by atoms with van der Waals surface area (Å²) in [6.07, 6.45) is 7.45. The lowest BCUT2D eigenvalue weighted by atomic mass is 10.1. The first-order chi connectivity index (χ1) is 11.8. The average molecular weight is 373 g/mol. The normalized spacial score (nSPS) is 20.6. The van der Waals surface area contributed by atoms with Gasteiger partial charge in [-0.05, 0) is 45.6 Å². The zero-order chi connectivity index (χ0) is 18.4. The molecule has 0 amide bonds. The minimum atomic E-state index is -4.16. The van der Waals surface area contributed by atoms with Crippen LogP contribution in [-0.2, 0) is 9.30 Å². The number of nitrogens with two attached hydrogens (primary N) is 1. The molecule has 25 heavy (non-hydrogen) atoms. The summed E-state index contributed by atoms with van der Waals surface area (Å²) in [6, 6.07) is 0. The highest BCUT2D eigenvalue weighted by Gasteiger charge is 2.33. The Morgan fingerprint density at radius 2 is 2.24 bits per heavy atom. The molecule has 2 aliphatic rings. The van der Waals surface area contributed by atoms with Gasteiger partial charge in [0.1, 0.15) is 18.6 Å². The maximum atomic E-state index is 11.0. The van der Waals surface area contributed by atoms with Gasteiger partial charge >= 0.3 is 13.4 Å². The summed E-state index contributed by atoms with van der Waals surface area (Å²) < 4.78 is 18.4. The maximum absolute atomic E-state index is 11.0. The molecule has 2 aliphatic heterocycles. The van der Waals surface area contributed by atoms with Gasteiger partial charge in [-0.1, -0.05) is 0 Å². The van der Waals surface area contributed by atoms with Gasteiger partial charge in [-0.2, -0.15) is 0 Å². The van der Waals surface area contributed by atoms with Crippen LogP contribution >= 0.6 is 7.60 Å². The van der Waals surface area contributed by atoms with Gasteiger partial charge in [0.05, 0.1) is 18.8 Å². The summed E-state index contributed by atoms with van der Waals surface area (Å²) >= 11 is 0. The van der Waals surface area contributed by atoms with E-state index >= 15 is 0 Å². The quantitative estimate of drug-likeness (QED) is 0.407. The average Bonchev–Trinajstić information content (AvgIpc) is 2.95. The molecule has 0 saturated carbocycles. The summed E-state index contributed by atoms with van der Waals surface area (Å²) in [5.41, 5.74) is 8.13. The molecule has 0 aromatic heterocycles. The van der Waals surface area contributed by atoms with E-state index in [1.807, 2.05) is 6.92 Å². The van der Waals surface area contributed by atoms with Gasteiger partial charge in [0.25, 0.3) is 0 Å². The first-order valence-electron chi connectivity index (χ1n) is 8.76. The second-order valence-corrected chi connectivity index (χ2v) is 8.06. The van der Waals surface area contributed by atoms with Gasteiger partial charge < -0.3 is 25.6 Å². The molecule has 5 N–H and O–H groups in total. The van der Waals surface area contributed by atoms with E-state index in [0.29, 0.717) is 13.2 Å². The van der Waals surface area contributed by atoms with Crippen molar-refractivity contribution < 1.29 is 23.7 Å². The number of ether oxygens (including phenoxy) is 1. The highest BCUT2D eigenvalue weighted by Crippen LogP contribution is 2.34. The van der Waals surface area contributed by atoms with Crippen LogP contribution in [0.2, 0.25) is 0 Å². The fraction of sp³-hybridized carbons (Fsp3) is 0.688. The highest BCUT2D eigenvalue weighted by atomic mass is 31.2. The minimum Gasteiger partial charge on any atom is -0.400 e. The summed E-state index contributed by atoms with van der Waals surface area (Å²) in [7, 11) is -4.16. The Kier molecular flexibility index (Phi) is 7.07. The fourth-order valence-electron chi connectivity index (χ4n) is 3.04. The van der Waals surface area contributed by atoms with Crippen molar-refractivity contribution >= 4 is 13.4 Å². The van der Waals surface area contributed by atoms with E-state index in [1.54, 1.807) is 0 Å². The molecular formula is C16H30N4O4P+. The summed E-state index contributed by atoms with van der Waals surface area (Å²) in [5.74, 6) is 1.00. The predicted octanol–water partition coefficient (Wildman–Crippen LogP) is 1.08. The number of nitrogens with one attached hydrogen (secondary N) is 1. The molecule has 0 radical (unpaired) electrons. The lowest BCUT2D eigenvalue weighted by Gasteiger charge is -2.18. The number of rotatable bonds is 6.